The quantitative estimate of drug-likeness (QED) is 0.912. The smallest absolute Gasteiger partial charge is 0.135 e. The maximum Gasteiger partial charge on any atom is 0.135 e. The topological polar surface area (TPSA) is 41.1 Å². The van der Waals surface area contributed by atoms with Gasteiger partial charge < -0.3 is 10.2 Å². The standard InChI is InChI=1S/C17H22N4/c1-3-7-15-19-16(18-4-2)10-17(20-15)21-11-13-8-5-6-9-14(13)12-21/h5-6,8-10H,3-4,7,11-12H2,1-2H3,(H,18,19,20). The van der Waals surface area contributed by atoms with Gasteiger partial charge >= 0.3 is 0 Å². The highest BCUT2D eigenvalue weighted by Gasteiger charge is 2.20. The van der Waals surface area contributed by atoms with E-state index in [0.717, 1.165) is 49.9 Å². The molecule has 0 saturated carbocycles. The Hall–Kier alpha value is -2.10. The number of hydrogen-bond donors (Lipinski definition) is 1. The summed E-state index contributed by atoms with van der Waals surface area (Å²) in [5, 5.41) is 3.31. The second kappa shape index (κ2) is 6.12. The van der Waals surface area contributed by atoms with Crippen molar-refractivity contribution in [3.63, 3.8) is 0 Å². The number of fused-ring (bicyclic) bond motifs is 1. The van der Waals surface area contributed by atoms with Gasteiger partial charge in [0.05, 0.1) is 0 Å². The lowest BCUT2D eigenvalue weighted by atomic mass is 10.1. The van der Waals surface area contributed by atoms with Gasteiger partial charge in [-0.2, -0.15) is 0 Å². The molecule has 110 valence electrons. The molecule has 0 bridgehead atoms. The number of hydrogen-bond acceptors (Lipinski definition) is 4. The van der Waals surface area contributed by atoms with Crippen molar-refractivity contribution >= 4 is 11.6 Å². The fraction of sp³-hybridized carbons (Fsp3) is 0.412. The normalized spacial score (nSPS) is 13.3. The first kappa shape index (κ1) is 13.9. The Kier molecular flexibility index (Phi) is 4.04. The summed E-state index contributed by atoms with van der Waals surface area (Å²) in [4.78, 5) is 11.7. The summed E-state index contributed by atoms with van der Waals surface area (Å²) >= 11 is 0. The minimum atomic E-state index is 0.877. The Morgan fingerprint density at radius 2 is 1.81 bits per heavy atom. The zero-order valence-electron chi connectivity index (χ0n) is 12.8. The van der Waals surface area contributed by atoms with E-state index in [0.29, 0.717) is 0 Å². The van der Waals surface area contributed by atoms with Gasteiger partial charge in [0, 0.05) is 32.1 Å². The number of aryl methyl sites for hydroxylation is 1. The average Bonchev–Trinajstić information content (AvgIpc) is 2.92. The summed E-state index contributed by atoms with van der Waals surface area (Å²) in [5.74, 6) is 2.89. The molecule has 0 fully saturated rings. The minimum absolute atomic E-state index is 0.877. The number of anilines is 2. The third-order valence-electron chi connectivity index (χ3n) is 3.76. The number of nitrogens with one attached hydrogen (secondary N) is 1. The van der Waals surface area contributed by atoms with Crippen LogP contribution in [-0.2, 0) is 19.5 Å². The first-order valence-corrected chi connectivity index (χ1v) is 7.73. The Labute approximate surface area is 126 Å². The molecule has 0 spiro atoms. The van der Waals surface area contributed by atoms with E-state index in [2.05, 4.69) is 59.4 Å². The number of rotatable bonds is 5. The summed E-state index contributed by atoms with van der Waals surface area (Å²) in [5.41, 5.74) is 2.80. The van der Waals surface area contributed by atoms with Crippen molar-refractivity contribution in [2.75, 3.05) is 16.8 Å². The van der Waals surface area contributed by atoms with Gasteiger partial charge in [-0.1, -0.05) is 31.2 Å². The van der Waals surface area contributed by atoms with Gasteiger partial charge in [0.15, 0.2) is 0 Å². The van der Waals surface area contributed by atoms with Crippen LogP contribution in [0.4, 0.5) is 11.6 Å². The van der Waals surface area contributed by atoms with Crippen molar-refractivity contribution in [1.82, 2.24) is 9.97 Å². The summed E-state index contributed by atoms with van der Waals surface area (Å²) in [6.07, 6.45) is 1.99. The van der Waals surface area contributed by atoms with Crippen molar-refractivity contribution in [3.8, 4) is 0 Å². The van der Waals surface area contributed by atoms with Crippen LogP contribution in [0.25, 0.3) is 0 Å². The summed E-state index contributed by atoms with van der Waals surface area (Å²) in [6.45, 7) is 7.00. The summed E-state index contributed by atoms with van der Waals surface area (Å²) in [6, 6.07) is 10.7. The van der Waals surface area contributed by atoms with Crippen LogP contribution in [0.1, 0.15) is 37.2 Å². The lowest BCUT2D eigenvalue weighted by Crippen LogP contribution is -2.18. The van der Waals surface area contributed by atoms with Crippen LogP contribution in [-0.4, -0.2) is 16.5 Å². The molecule has 4 heteroatoms. The van der Waals surface area contributed by atoms with E-state index in [1.165, 1.54) is 11.1 Å². The van der Waals surface area contributed by atoms with Crippen LogP contribution in [0.5, 0.6) is 0 Å². The zero-order chi connectivity index (χ0) is 14.7. The highest BCUT2D eigenvalue weighted by atomic mass is 15.2. The van der Waals surface area contributed by atoms with E-state index in [4.69, 9.17) is 4.98 Å². The van der Waals surface area contributed by atoms with E-state index in [-0.39, 0.29) is 0 Å². The van der Waals surface area contributed by atoms with Crippen LogP contribution in [0.3, 0.4) is 0 Å². The van der Waals surface area contributed by atoms with Crippen molar-refractivity contribution in [1.29, 1.82) is 0 Å². The van der Waals surface area contributed by atoms with Crippen molar-refractivity contribution in [3.05, 3.63) is 47.3 Å². The molecule has 2 aromatic rings. The van der Waals surface area contributed by atoms with E-state index in [1.54, 1.807) is 0 Å². The molecule has 1 aromatic carbocycles. The predicted octanol–water partition coefficient (Wildman–Crippen LogP) is 3.38. The highest BCUT2D eigenvalue weighted by Crippen LogP contribution is 2.28. The second-order valence-corrected chi connectivity index (χ2v) is 5.43. The molecule has 0 saturated heterocycles. The first-order chi connectivity index (χ1) is 10.3. The Balaban J connectivity index is 1.88. The van der Waals surface area contributed by atoms with Gasteiger partial charge in [-0.25, -0.2) is 9.97 Å². The average molecular weight is 282 g/mol. The molecule has 4 nitrogen and oxygen atoms in total. The first-order valence-electron chi connectivity index (χ1n) is 7.73. The minimum Gasteiger partial charge on any atom is -0.370 e. The maximum atomic E-state index is 4.75. The highest BCUT2D eigenvalue weighted by molar-refractivity contribution is 5.53. The van der Waals surface area contributed by atoms with Gasteiger partial charge in [0.1, 0.15) is 17.5 Å². The van der Waals surface area contributed by atoms with Gasteiger partial charge in [-0.3, -0.25) is 0 Å². The van der Waals surface area contributed by atoms with Crippen LogP contribution in [0.2, 0.25) is 0 Å². The fourth-order valence-electron chi connectivity index (χ4n) is 2.75. The molecule has 0 atom stereocenters. The third-order valence-corrected chi connectivity index (χ3v) is 3.76. The lowest BCUT2D eigenvalue weighted by molar-refractivity contribution is 0.798. The van der Waals surface area contributed by atoms with Gasteiger partial charge in [-0.05, 0) is 24.5 Å². The molecule has 1 aromatic heterocycles. The number of nitrogens with zero attached hydrogens (tertiary/aromatic N) is 3. The van der Waals surface area contributed by atoms with Crippen LogP contribution < -0.4 is 10.2 Å². The molecular weight excluding hydrogens is 260 g/mol. The van der Waals surface area contributed by atoms with E-state index >= 15 is 0 Å². The van der Waals surface area contributed by atoms with Crippen molar-refractivity contribution in [2.24, 2.45) is 0 Å². The Morgan fingerprint density at radius 1 is 1.10 bits per heavy atom. The van der Waals surface area contributed by atoms with Gasteiger partial charge in [-0.15, -0.1) is 0 Å². The molecule has 1 aliphatic rings. The van der Waals surface area contributed by atoms with Gasteiger partial charge in [0.25, 0.3) is 0 Å². The molecule has 21 heavy (non-hydrogen) atoms. The fourth-order valence-corrected chi connectivity index (χ4v) is 2.75. The van der Waals surface area contributed by atoms with E-state index < -0.39 is 0 Å². The zero-order valence-corrected chi connectivity index (χ0v) is 12.8. The molecule has 1 aliphatic heterocycles. The molecule has 0 aliphatic carbocycles. The van der Waals surface area contributed by atoms with Crippen molar-refractivity contribution < 1.29 is 0 Å². The number of aromatic nitrogens is 2. The van der Waals surface area contributed by atoms with E-state index in [1.807, 2.05) is 0 Å². The lowest BCUT2D eigenvalue weighted by Gasteiger charge is -2.18. The van der Waals surface area contributed by atoms with Crippen LogP contribution in [0, 0.1) is 0 Å². The largest absolute Gasteiger partial charge is 0.370 e. The Bertz CT molecular complexity index is 575. The van der Waals surface area contributed by atoms with Gasteiger partial charge in [0.2, 0.25) is 0 Å². The predicted molar refractivity (Wildman–Crippen MR) is 86.5 cm³/mol. The molecule has 0 amide bonds. The summed E-state index contributed by atoms with van der Waals surface area (Å²) in [7, 11) is 0. The molecular formula is C17H22N4. The molecule has 2 heterocycles. The molecule has 0 unspecified atom stereocenters. The van der Waals surface area contributed by atoms with Crippen LogP contribution >= 0.6 is 0 Å². The maximum absolute atomic E-state index is 4.75. The molecule has 1 N–H and O–H groups in total. The number of benzene rings is 1. The second-order valence-electron chi connectivity index (χ2n) is 5.43. The Morgan fingerprint density at radius 3 is 2.43 bits per heavy atom. The molecule has 3 rings (SSSR count). The van der Waals surface area contributed by atoms with Crippen LogP contribution in [0.15, 0.2) is 30.3 Å². The van der Waals surface area contributed by atoms with Crippen molar-refractivity contribution in [2.45, 2.75) is 39.8 Å². The van der Waals surface area contributed by atoms with E-state index in [9.17, 15) is 0 Å². The third kappa shape index (κ3) is 2.99. The molecule has 0 radical (unpaired) electrons. The SMILES string of the molecule is CCCc1nc(NCC)cc(N2Cc3ccccc3C2)n1. The summed E-state index contributed by atoms with van der Waals surface area (Å²) < 4.78 is 0. The monoisotopic (exact) mass is 282 g/mol.